The highest BCUT2D eigenvalue weighted by Gasteiger charge is 2.13. The molecule has 0 saturated heterocycles. The number of rotatable bonds is 3. The molecule has 94 valence electrons. The number of benzene rings is 1. The van der Waals surface area contributed by atoms with E-state index in [1.807, 2.05) is 20.2 Å². The number of nitrogens with zero attached hydrogens (tertiary/aromatic N) is 1. The Balaban J connectivity index is 2.21. The Labute approximate surface area is 107 Å². The lowest BCUT2D eigenvalue weighted by molar-refractivity contribution is -0.132. The largest absolute Gasteiger partial charge is 0.478 e. The van der Waals surface area contributed by atoms with Crippen molar-refractivity contribution in [2.75, 3.05) is 19.0 Å². The molecular weight excluding hydrogens is 226 g/mol. The van der Waals surface area contributed by atoms with Gasteiger partial charge in [-0.25, -0.2) is 4.79 Å². The fraction of sp³-hybridized carbons (Fsp3) is 0.267. The average molecular weight is 243 g/mol. The van der Waals surface area contributed by atoms with Crippen LogP contribution in [0.4, 0.5) is 5.69 Å². The average Bonchev–Trinajstić information content (AvgIpc) is 2.39. The zero-order valence-electron chi connectivity index (χ0n) is 10.7. The van der Waals surface area contributed by atoms with E-state index >= 15 is 0 Å². The second-order valence-corrected chi connectivity index (χ2v) is 4.63. The molecule has 1 N–H and O–H groups in total. The van der Waals surface area contributed by atoms with Crippen LogP contribution in [0.2, 0.25) is 0 Å². The molecule has 0 aromatic heterocycles. The Morgan fingerprint density at radius 1 is 1.11 bits per heavy atom. The van der Waals surface area contributed by atoms with Crippen LogP contribution < -0.4 is 4.90 Å². The van der Waals surface area contributed by atoms with Gasteiger partial charge in [-0.15, -0.1) is 0 Å². The molecular formula is C15H17NO2. The summed E-state index contributed by atoms with van der Waals surface area (Å²) in [7, 11) is 4.02. The minimum Gasteiger partial charge on any atom is -0.478 e. The standard InChI is InChI=1S/C15H17NO2/c1-16(2)14-9-7-12(8-10-14)11-3-5-13(6-4-11)15(17)18/h3,5,7-10H,4,6H2,1-2H3,(H,17,18). The lowest BCUT2D eigenvalue weighted by Crippen LogP contribution is -2.08. The summed E-state index contributed by atoms with van der Waals surface area (Å²) in [6, 6.07) is 8.32. The third-order valence-electron chi connectivity index (χ3n) is 3.18. The van der Waals surface area contributed by atoms with Crippen molar-refractivity contribution >= 4 is 17.2 Å². The van der Waals surface area contributed by atoms with Gasteiger partial charge >= 0.3 is 5.97 Å². The number of carbonyl (C=O) groups is 1. The quantitative estimate of drug-likeness (QED) is 0.887. The van der Waals surface area contributed by atoms with Gasteiger partial charge in [-0.2, -0.15) is 0 Å². The van der Waals surface area contributed by atoms with Crippen molar-refractivity contribution in [3.8, 4) is 0 Å². The molecule has 1 aliphatic rings. The maximum Gasteiger partial charge on any atom is 0.331 e. The first-order chi connectivity index (χ1) is 8.58. The van der Waals surface area contributed by atoms with E-state index in [0.717, 1.165) is 12.1 Å². The lowest BCUT2D eigenvalue weighted by Gasteiger charge is -2.15. The molecule has 0 radical (unpaired) electrons. The number of hydrogen-bond donors (Lipinski definition) is 1. The lowest BCUT2D eigenvalue weighted by atomic mass is 9.93. The van der Waals surface area contributed by atoms with Crippen LogP contribution in [0.5, 0.6) is 0 Å². The monoisotopic (exact) mass is 243 g/mol. The van der Waals surface area contributed by atoms with E-state index in [1.54, 1.807) is 6.08 Å². The number of aliphatic carboxylic acids is 1. The topological polar surface area (TPSA) is 40.5 Å². The predicted molar refractivity (Wildman–Crippen MR) is 73.7 cm³/mol. The van der Waals surface area contributed by atoms with Gasteiger partial charge < -0.3 is 10.0 Å². The van der Waals surface area contributed by atoms with Gasteiger partial charge in [-0.1, -0.05) is 24.3 Å². The van der Waals surface area contributed by atoms with E-state index in [4.69, 9.17) is 5.11 Å². The van der Waals surface area contributed by atoms with Crippen molar-refractivity contribution in [3.05, 3.63) is 47.6 Å². The van der Waals surface area contributed by atoms with Crippen LogP contribution in [0.15, 0.2) is 42.0 Å². The Morgan fingerprint density at radius 2 is 1.78 bits per heavy atom. The summed E-state index contributed by atoms with van der Waals surface area (Å²) in [6.45, 7) is 0. The number of hydrogen-bond acceptors (Lipinski definition) is 2. The summed E-state index contributed by atoms with van der Waals surface area (Å²) in [5.74, 6) is -0.812. The van der Waals surface area contributed by atoms with Gasteiger partial charge in [0.05, 0.1) is 0 Å². The van der Waals surface area contributed by atoms with E-state index in [2.05, 4.69) is 29.2 Å². The molecule has 0 atom stereocenters. The van der Waals surface area contributed by atoms with Crippen LogP contribution in [-0.4, -0.2) is 25.2 Å². The molecule has 18 heavy (non-hydrogen) atoms. The van der Waals surface area contributed by atoms with E-state index in [0.29, 0.717) is 12.0 Å². The van der Waals surface area contributed by atoms with Gasteiger partial charge in [0.25, 0.3) is 0 Å². The molecule has 3 nitrogen and oxygen atoms in total. The van der Waals surface area contributed by atoms with E-state index in [1.165, 1.54) is 11.1 Å². The van der Waals surface area contributed by atoms with Crippen molar-refractivity contribution in [2.45, 2.75) is 12.8 Å². The number of allylic oxidation sites excluding steroid dienone is 3. The Morgan fingerprint density at radius 3 is 2.22 bits per heavy atom. The zero-order chi connectivity index (χ0) is 13.1. The minimum absolute atomic E-state index is 0.490. The third kappa shape index (κ3) is 2.62. The maximum absolute atomic E-state index is 10.8. The first kappa shape index (κ1) is 12.4. The van der Waals surface area contributed by atoms with Gasteiger partial charge in [-0.05, 0) is 36.1 Å². The summed E-state index contributed by atoms with van der Waals surface area (Å²) in [6.07, 6.45) is 5.02. The summed E-state index contributed by atoms with van der Waals surface area (Å²) < 4.78 is 0. The molecule has 0 amide bonds. The molecule has 0 spiro atoms. The van der Waals surface area contributed by atoms with Crippen molar-refractivity contribution in [3.63, 3.8) is 0 Å². The molecule has 0 saturated carbocycles. The molecule has 3 heteroatoms. The molecule has 0 fully saturated rings. The third-order valence-corrected chi connectivity index (χ3v) is 3.18. The minimum atomic E-state index is -0.812. The van der Waals surface area contributed by atoms with Crippen molar-refractivity contribution in [1.82, 2.24) is 0 Å². The first-order valence-corrected chi connectivity index (χ1v) is 5.98. The first-order valence-electron chi connectivity index (χ1n) is 5.98. The second kappa shape index (κ2) is 5.08. The smallest absolute Gasteiger partial charge is 0.331 e. The van der Waals surface area contributed by atoms with Crippen LogP contribution in [0, 0.1) is 0 Å². The van der Waals surface area contributed by atoms with Gasteiger partial charge in [-0.3, -0.25) is 0 Å². The molecule has 0 heterocycles. The van der Waals surface area contributed by atoms with Crippen molar-refractivity contribution in [2.24, 2.45) is 0 Å². The number of carboxylic acid groups (broad SMARTS) is 1. The highest BCUT2D eigenvalue weighted by molar-refractivity contribution is 5.89. The van der Waals surface area contributed by atoms with Crippen molar-refractivity contribution < 1.29 is 9.90 Å². The molecule has 1 aromatic carbocycles. The molecule has 0 unspecified atom stereocenters. The molecule has 0 bridgehead atoms. The van der Waals surface area contributed by atoms with Crippen LogP contribution in [0.25, 0.3) is 5.57 Å². The van der Waals surface area contributed by atoms with Crippen LogP contribution >= 0.6 is 0 Å². The highest BCUT2D eigenvalue weighted by atomic mass is 16.4. The van der Waals surface area contributed by atoms with Gasteiger partial charge in [0, 0.05) is 25.4 Å². The summed E-state index contributed by atoms with van der Waals surface area (Å²) >= 11 is 0. The maximum atomic E-state index is 10.8. The van der Waals surface area contributed by atoms with Crippen molar-refractivity contribution in [1.29, 1.82) is 0 Å². The van der Waals surface area contributed by atoms with Gasteiger partial charge in [0.1, 0.15) is 0 Å². The normalized spacial score (nSPS) is 14.8. The van der Waals surface area contributed by atoms with E-state index < -0.39 is 5.97 Å². The van der Waals surface area contributed by atoms with Gasteiger partial charge in [0.2, 0.25) is 0 Å². The second-order valence-electron chi connectivity index (χ2n) is 4.63. The number of anilines is 1. The Hall–Kier alpha value is -2.03. The summed E-state index contributed by atoms with van der Waals surface area (Å²) in [4.78, 5) is 12.9. The van der Waals surface area contributed by atoms with Gasteiger partial charge in [0.15, 0.2) is 0 Å². The molecule has 2 rings (SSSR count). The zero-order valence-corrected chi connectivity index (χ0v) is 10.7. The van der Waals surface area contributed by atoms with E-state index in [9.17, 15) is 4.79 Å². The molecule has 1 aromatic rings. The Kier molecular flexibility index (Phi) is 3.51. The molecule has 0 aliphatic heterocycles. The van der Waals surface area contributed by atoms with E-state index in [-0.39, 0.29) is 0 Å². The highest BCUT2D eigenvalue weighted by Crippen LogP contribution is 2.27. The van der Waals surface area contributed by atoms with Crippen LogP contribution in [0.1, 0.15) is 18.4 Å². The SMILES string of the molecule is CN(C)c1ccc(C2=CC=C(C(=O)O)CC2)cc1. The fourth-order valence-corrected chi connectivity index (χ4v) is 2.03. The van der Waals surface area contributed by atoms with Crippen LogP contribution in [-0.2, 0) is 4.79 Å². The fourth-order valence-electron chi connectivity index (χ4n) is 2.03. The predicted octanol–water partition coefficient (Wildman–Crippen LogP) is 2.94. The van der Waals surface area contributed by atoms with Crippen LogP contribution in [0.3, 0.4) is 0 Å². The number of carboxylic acids is 1. The molecule has 1 aliphatic carbocycles. The summed E-state index contributed by atoms with van der Waals surface area (Å²) in [5.41, 5.74) is 4.02. The Bertz CT molecular complexity index is 510. The summed E-state index contributed by atoms with van der Waals surface area (Å²) in [5, 5.41) is 8.89.